The molecule has 0 fully saturated rings. The average Bonchev–Trinajstić information content (AvgIpc) is 2.19. The molecule has 1 aromatic rings. The normalized spacial score (nSPS) is 12.1. The lowest BCUT2D eigenvalue weighted by atomic mass is 10.1. The van der Waals surface area contributed by atoms with Gasteiger partial charge in [0.15, 0.2) is 6.61 Å². The Balaban J connectivity index is 1.88. The van der Waals surface area contributed by atoms with Crippen LogP contribution in [0.5, 0.6) is 11.5 Å². The molecule has 0 saturated heterocycles. The Morgan fingerprint density at radius 1 is 1.53 bits per heavy atom. The number of rotatable bonds is 4. The molecule has 0 unspecified atom stereocenters. The molecule has 1 heterocycles. The van der Waals surface area contributed by atoms with Gasteiger partial charge in [0.2, 0.25) is 0 Å². The van der Waals surface area contributed by atoms with E-state index in [1.54, 1.807) is 13.0 Å². The molecule has 15 heavy (non-hydrogen) atoms. The maximum absolute atomic E-state index is 11.0. The summed E-state index contributed by atoms with van der Waals surface area (Å²) in [6.45, 7) is 2.71. The number of carbonyl (C=O) groups excluding carboxylic acids is 1. The van der Waals surface area contributed by atoms with Crippen molar-refractivity contribution in [3.05, 3.63) is 23.8 Å². The van der Waals surface area contributed by atoms with E-state index in [0.717, 1.165) is 11.3 Å². The van der Waals surface area contributed by atoms with Gasteiger partial charge in [0.05, 0.1) is 6.61 Å². The highest BCUT2D eigenvalue weighted by Crippen LogP contribution is 2.31. The molecule has 0 radical (unpaired) electrons. The smallest absolute Gasteiger partial charge is 0.344 e. The molecule has 4 heteroatoms. The second kappa shape index (κ2) is 4.21. The van der Waals surface area contributed by atoms with Gasteiger partial charge in [-0.3, -0.25) is 0 Å². The highest BCUT2D eigenvalue weighted by atomic mass is 16.6. The van der Waals surface area contributed by atoms with Crippen molar-refractivity contribution in [1.82, 2.24) is 0 Å². The quantitative estimate of drug-likeness (QED) is 0.704. The Hall–Kier alpha value is -1.71. The SMILES string of the molecule is CCOC(=O)COc1ccc2c(c1)CO2. The van der Waals surface area contributed by atoms with Gasteiger partial charge in [-0.1, -0.05) is 0 Å². The van der Waals surface area contributed by atoms with Crippen LogP contribution >= 0.6 is 0 Å². The van der Waals surface area contributed by atoms with Crippen molar-refractivity contribution in [2.75, 3.05) is 13.2 Å². The first-order chi connectivity index (χ1) is 7.29. The third-order valence-corrected chi connectivity index (χ3v) is 2.08. The van der Waals surface area contributed by atoms with Crippen molar-refractivity contribution < 1.29 is 19.0 Å². The third kappa shape index (κ3) is 2.21. The molecule has 80 valence electrons. The lowest BCUT2D eigenvalue weighted by molar-refractivity contribution is -0.145. The number of hydrogen-bond donors (Lipinski definition) is 0. The van der Waals surface area contributed by atoms with E-state index < -0.39 is 0 Å². The van der Waals surface area contributed by atoms with Crippen LogP contribution in [-0.2, 0) is 16.1 Å². The number of hydrogen-bond acceptors (Lipinski definition) is 4. The zero-order valence-corrected chi connectivity index (χ0v) is 8.49. The molecule has 1 aromatic carbocycles. The molecule has 0 aliphatic carbocycles. The summed E-state index contributed by atoms with van der Waals surface area (Å²) < 4.78 is 15.2. The predicted octanol–water partition coefficient (Wildman–Crippen LogP) is 1.52. The van der Waals surface area contributed by atoms with Crippen LogP contribution in [0, 0.1) is 0 Å². The summed E-state index contributed by atoms with van der Waals surface area (Å²) in [5, 5.41) is 0. The molecule has 4 nitrogen and oxygen atoms in total. The van der Waals surface area contributed by atoms with Crippen molar-refractivity contribution >= 4 is 5.97 Å². The average molecular weight is 208 g/mol. The van der Waals surface area contributed by atoms with Gasteiger partial charge in [-0.25, -0.2) is 4.79 Å². The highest BCUT2D eigenvalue weighted by Gasteiger charge is 2.15. The van der Waals surface area contributed by atoms with Crippen LogP contribution < -0.4 is 9.47 Å². The molecule has 1 aliphatic rings. The summed E-state index contributed by atoms with van der Waals surface area (Å²) in [5.41, 5.74) is 1.11. The standard InChI is InChI=1S/C11H12O4/c1-2-13-11(12)7-14-9-3-4-10-8(5-9)6-15-10/h3-5H,2,6-7H2,1H3. The summed E-state index contributed by atoms with van der Waals surface area (Å²) in [6.07, 6.45) is 0. The number of benzene rings is 1. The number of fused-ring (bicyclic) bond motifs is 1. The van der Waals surface area contributed by atoms with E-state index in [1.807, 2.05) is 12.1 Å². The Labute approximate surface area is 87.8 Å². The van der Waals surface area contributed by atoms with Crippen LogP contribution in [0.25, 0.3) is 0 Å². The van der Waals surface area contributed by atoms with E-state index in [9.17, 15) is 4.79 Å². The zero-order valence-electron chi connectivity index (χ0n) is 8.49. The van der Waals surface area contributed by atoms with Gasteiger partial charge in [0.1, 0.15) is 18.1 Å². The Morgan fingerprint density at radius 3 is 3.00 bits per heavy atom. The maximum Gasteiger partial charge on any atom is 0.344 e. The van der Waals surface area contributed by atoms with Crippen molar-refractivity contribution in [3.63, 3.8) is 0 Å². The maximum atomic E-state index is 11.0. The van der Waals surface area contributed by atoms with Gasteiger partial charge < -0.3 is 14.2 Å². The summed E-state index contributed by atoms with van der Waals surface area (Å²) >= 11 is 0. The number of carbonyl (C=O) groups is 1. The minimum absolute atomic E-state index is 0.0481. The molecular formula is C11H12O4. The molecule has 0 atom stereocenters. The lowest BCUT2D eigenvalue weighted by Gasteiger charge is -2.20. The van der Waals surface area contributed by atoms with Gasteiger partial charge >= 0.3 is 5.97 Å². The van der Waals surface area contributed by atoms with Crippen molar-refractivity contribution in [1.29, 1.82) is 0 Å². The van der Waals surface area contributed by atoms with Crippen LogP contribution in [-0.4, -0.2) is 19.2 Å². The molecule has 1 aliphatic heterocycles. The van der Waals surface area contributed by atoms with E-state index in [0.29, 0.717) is 19.0 Å². The topological polar surface area (TPSA) is 44.8 Å². The number of esters is 1. The fourth-order valence-corrected chi connectivity index (χ4v) is 1.32. The molecule has 0 spiro atoms. The summed E-state index contributed by atoms with van der Waals surface area (Å²) in [5.74, 6) is 1.21. The molecule has 2 rings (SSSR count). The number of ether oxygens (including phenoxy) is 3. The van der Waals surface area contributed by atoms with Gasteiger partial charge in [-0.05, 0) is 25.1 Å². The van der Waals surface area contributed by atoms with Crippen molar-refractivity contribution in [2.24, 2.45) is 0 Å². The fraction of sp³-hybridized carbons (Fsp3) is 0.364. The molecule has 0 saturated carbocycles. The van der Waals surface area contributed by atoms with Crippen LogP contribution in [0.15, 0.2) is 18.2 Å². The zero-order chi connectivity index (χ0) is 10.7. The van der Waals surface area contributed by atoms with Crippen molar-refractivity contribution in [2.45, 2.75) is 13.5 Å². The second-order valence-corrected chi connectivity index (χ2v) is 3.15. The first-order valence-electron chi connectivity index (χ1n) is 4.83. The summed E-state index contributed by atoms with van der Waals surface area (Å²) in [7, 11) is 0. The molecule has 0 aromatic heterocycles. The molecule has 0 bridgehead atoms. The van der Waals surface area contributed by atoms with Crippen LogP contribution in [0.1, 0.15) is 12.5 Å². The van der Waals surface area contributed by atoms with Crippen molar-refractivity contribution in [3.8, 4) is 11.5 Å². The Bertz CT molecular complexity index is 373. The van der Waals surface area contributed by atoms with Gasteiger partial charge in [-0.15, -0.1) is 0 Å². The Morgan fingerprint density at radius 2 is 2.40 bits per heavy atom. The lowest BCUT2D eigenvalue weighted by Crippen LogP contribution is -2.15. The largest absolute Gasteiger partial charge is 0.488 e. The first-order valence-corrected chi connectivity index (χ1v) is 4.83. The van der Waals surface area contributed by atoms with Crippen LogP contribution in [0.2, 0.25) is 0 Å². The predicted molar refractivity (Wildman–Crippen MR) is 52.9 cm³/mol. The van der Waals surface area contributed by atoms with E-state index in [-0.39, 0.29) is 12.6 Å². The van der Waals surface area contributed by atoms with E-state index in [4.69, 9.17) is 14.2 Å². The van der Waals surface area contributed by atoms with Gasteiger partial charge in [0, 0.05) is 5.56 Å². The van der Waals surface area contributed by atoms with E-state index in [2.05, 4.69) is 0 Å². The van der Waals surface area contributed by atoms with Crippen LogP contribution in [0.4, 0.5) is 0 Å². The van der Waals surface area contributed by atoms with E-state index in [1.165, 1.54) is 0 Å². The van der Waals surface area contributed by atoms with Gasteiger partial charge in [0.25, 0.3) is 0 Å². The van der Waals surface area contributed by atoms with Gasteiger partial charge in [-0.2, -0.15) is 0 Å². The summed E-state index contributed by atoms with van der Waals surface area (Å²) in [4.78, 5) is 11.0. The van der Waals surface area contributed by atoms with E-state index >= 15 is 0 Å². The summed E-state index contributed by atoms with van der Waals surface area (Å²) in [6, 6.07) is 5.48. The molecular weight excluding hydrogens is 196 g/mol. The second-order valence-electron chi connectivity index (χ2n) is 3.15. The first kappa shape index (κ1) is 9.83. The molecule has 0 N–H and O–H groups in total. The Kier molecular flexibility index (Phi) is 2.76. The van der Waals surface area contributed by atoms with Crippen LogP contribution in [0.3, 0.4) is 0 Å². The monoisotopic (exact) mass is 208 g/mol. The molecule has 0 amide bonds. The third-order valence-electron chi connectivity index (χ3n) is 2.08. The highest BCUT2D eigenvalue weighted by molar-refractivity contribution is 5.71. The minimum atomic E-state index is -0.351. The minimum Gasteiger partial charge on any atom is -0.488 e. The fourth-order valence-electron chi connectivity index (χ4n) is 1.32.